The summed E-state index contributed by atoms with van der Waals surface area (Å²) >= 11 is 0. The second kappa shape index (κ2) is 7.37. The van der Waals surface area contributed by atoms with E-state index >= 15 is 0 Å². The Morgan fingerprint density at radius 2 is 1.88 bits per heavy atom. The van der Waals surface area contributed by atoms with Gasteiger partial charge in [0, 0.05) is 12.6 Å². The number of benzene rings is 1. The third-order valence-corrected chi connectivity index (χ3v) is 7.29. The summed E-state index contributed by atoms with van der Waals surface area (Å²) in [5, 5.41) is 0.962. The van der Waals surface area contributed by atoms with E-state index < -0.39 is 37.9 Å². The van der Waals surface area contributed by atoms with Crippen LogP contribution < -0.4 is 5.32 Å². The van der Waals surface area contributed by atoms with E-state index in [1.54, 1.807) is 0 Å². The molecule has 1 aromatic carbocycles. The van der Waals surface area contributed by atoms with Gasteiger partial charge in [-0.25, -0.2) is 17.2 Å². The molecule has 0 saturated carbocycles. The first-order valence-electron chi connectivity index (χ1n) is 8.24. The van der Waals surface area contributed by atoms with Crippen molar-refractivity contribution in [3.8, 4) is 0 Å². The van der Waals surface area contributed by atoms with Crippen LogP contribution in [0.2, 0.25) is 0 Å². The predicted molar refractivity (Wildman–Crippen MR) is 91.8 cm³/mol. The van der Waals surface area contributed by atoms with Gasteiger partial charge in [-0.2, -0.15) is 0 Å². The summed E-state index contributed by atoms with van der Waals surface area (Å²) in [4.78, 5) is 14.3. The first kappa shape index (κ1) is 19.8. The van der Waals surface area contributed by atoms with Crippen LogP contribution in [0.5, 0.6) is 0 Å². The molecule has 1 amide bonds. The molecule has 3 unspecified atom stereocenters. The number of hydrogen-bond acceptors (Lipinski definition) is 4. The minimum Gasteiger partial charge on any atom is -0.350 e. The van der Waals surface area contributed by atoms with Crippen LogP contribution in [-0.2, 0) is 14.6 Å². The Kier molecular flexibility index (Phi) is 5.83. The number of likely N-dealkylation sites (N-methyl/N-ethyl adjacent to an activating group) is 1. The quantitative estimate of drug-likeness (QED) is 0.857. The van der Waals surface area contributed by atoms with Gasteiger partial charge in [0.05, 0.1) is 11.3 Å². The van der Waals surface area contributed by atoms with Gasteiger partial charge in [0.25, 0.3) is 0 Å². The van der Waals surface area contributed by atoms with Crippen LogP contribution in [0.1, 0.15) is 38.8 Å². The topological polar surface area (TPSA) is 66.5 Å². The van der Waals surface area contributed by atoms with Gasteiger partial charge in [-0.1, -0.05) is 6.07 Å². The highest BCUT2D eigenvalue weighted by molar-refractivity contribution is 7.93. The Labute approximate surface area is 147 Å². The van der Waals surface area contributed by atoms with Gasteiger partial charge in [-0.3, -0.25) is 9.69 Å². The minimum atomic E-state index is -3.56. The van der Waals surface area contributed by atoms with Crippen molar-refractivity contribution >= 4 is 15.7 Å². The van der Waals surface area contributed by atoms with Gasteiger partial charge >= 0.3 is 0 Å². The van der Waals surface area contributed by atoms with Crippen molar-refractivity contribution < 1.29 is 22.0 Å². The average molecular weight is 374 g/mol. The lowest BCUT2D eigenvalue weighted by molar-refractivity contribution is -0.121. The number of amides is 1. The smallest absolute Gasteiger partial charge is 0.238 e. The molecule has 1 aliphatic rings. The molecule has 5 nitrogen and oxygen atoms in total. The number of halogens is 2. The zero-order chi connectivity index (χ0) is 18.9. The maximum absolute atomic E-state index is 13.6. The highest BCUT2D eigenvalue weighted by Crippen LogP contribution is 2.32. The number of carbonyl (C=O) groups is 1. The Hall–Kier alpha value is -1.54. The molecule has 1 heterocycles. The molecule has 2 rings (SSSR count). The highest BCUT2D eigenvalue weighted by Gasteiger charge is 2.37. The lowest BCUT2D eigenvalue weighted by atomic mass is 10.00. The van der Waals surface area contributed by atoms with Crippen molar-refractivity contribution in [3.63, 3.8) is 0 Å². The van der Waals surface area contributed by atoms with Crippen LogP contribution in [0.3, 0.4) is 0 Å². The van der Waals surface area contributed by atoms with Gasteiger partial charge in [-0.15, -0.1) is 0 Å². The SMILES string of the molecule is CC(C)S(=O)(=O)C(C)C(=O)NC1CCN(C)C1c1ccc(F)c(F)c1. The van der Waals surface area contributed by atoms with Gasteiger partial charge in [0.1, 0.15) is 5.25 Å². The second-order valence-corrected chi connectivity index (χ2v) is 9.61. The van der Waals surface area contributed by atoms with Gasteiger partial charge < -0.3 is 5.32 Å². The number of nitrogens with zero attached hydrogens (tertiary/aromatic N) is 1. The minimum absolute atomic E-state index is 0.340. The molecule has 25 heavy (non-hydrogen) atoms. The summed E-state index contributed by atoms with van der Waals surface area (Å²) in [5.74, 6) is -2.44. The van der Waals surface area contributed by atoms with E-state index in [1.807, 2.05) is 11.9 Å². The number of sulfone groups is 1. The lowest BCUT2D eigenvalue weighted by Gasteiger charge is -2.27. The van der Waals surface area contributed by atoms with Gasteiger partial charge in [0.2, 0.25) is 5.91 Å². The molecule has 0 spiro atoms. The van der Waals surface area contributed by atoms with Crippen LogP contribution >= 0.6 is 0 Å². The molecule has 140 valence electrons. The number of hydrogen-bond donors (Lipinski definition) is 1. The fourth-order valence-corrected chi connectivity index (χ4v) is 4.32. The van der Waals surface area contributed by atoms with E-state index in [1.165, 1.54) is 26.8 Å². The molecule has 8 heteroatoms. The standard InChI is InChI=1S/C17H24F2N2O3S/c1-10(2)25(23,24)11(3)17(22)20-15-7-8-21(4)16(15)12-5-6-13(18)14(19)9-12/h5-6,9-11,15-16H,7-8H2,1-4H3,(H,20,22). The van der Waals surface area contributed by atoms with Crippen LogP contribution in [0.15, 0.2) is 18.2 Å². The summed E-state index contributed by atoms with van der Waals surface area (Å²) in [6.07, 6.45) is 0.598. The zero-order valence-electron chi connectivity index (χ0n) is 14.8. The number of rotatable bonds is 5. The Morgan fingerprint density at radius 1 is 1.24 bits per heavy atom. The fraction of sp³-hybridized carbons (Fsp3) is 0.588. The average Bonchev–Trinajstić information content (AvgIpc) is 2.89. The van der Waals surface area contributed by atoms with Crippen molar-refractivity contribution in [2.45, 2.75) is 49.8 Å². The third-order valence-electron chi connectivity index (χ3n) is 4.78. The summed E-state index contributed by atoms with van der Waals surface area (Å²) in [7, 11) is -1.74. The van der Waals surface area contributed by atoms with Crippen molar-refractivity contribution in [2.24, 2.45) is 0 Å². The molecule has 1 fully saturated rings. The Balaban J connectivity index is 2.20. The molecule has 0 bridgehead atoms. The summed E-state index contributed by atoms with van der Waals surface area (Å²) in [6, 6.07) is 2.95. The lowest BCUT2D eigenvalue weighted by Crippen LogP contribution is -2.46. The maximum Gasteiger partial charge on any atom is 0.238 e. The van der Waals surface area contributed by atoms with Gasteiger partial charge in [-0.05, 0) is 51.9 Å². The molecular formula is C17H24F2N2O3S. The van der Waals surface area contributed by atoms with Crippen molar-refractivity contribution in [1.29, 1.82) is 0 Å². The molecule has 0 aromatic heterocycles. The van der Waals surface area contributed by atoms with E-state index in [2.05, 4.69) is 5.32 Å². The third kappa shape index (κ3) is 4.00. The summed E-state index contributed by atoms with van der Waals surface area (Å²) in [5.41, 5.74) is 0.545. The van der Waals surface area contributed by atoms with Crippen molar-refractivity contribution in [2.75, 3.05) is 13.6 Å². The van der Waals surface area contributed by atoms with Crippen molar-refractivity contribution in [1.82, 2.24) is 10.2 Å². The first-order chi connectivity index (χ1) is 11.6. The van der Waals surface area contributed by atoms with E-state index in [4.69, 9.17) is 0 Å². The number of nitrogens with one attached hydrogen (secondary N) is 1. The van der Waals surface area contributed by atoms with E-state index in [-0.39, 0.29) is 12.1 Å². The highest BCUT2D eigenvalue weighted by atomic mass is 32.2. The largest absolute Gasteiger partial charge is 0.350 e. The van der Waals surface area contributed by atoms with Crippen LogP contribution in [0, 0.1) is 11.6 Å². The Bertz CT molecular complexity index is 752. The maximum atomic E-state index is 13.6. The molecule has 1 aliphatic heterocycles. The van der Waals surface area contributed by atoms with Crippen LogP contribution in [0.4, 0.5) is 8.78 Å². The van der Waals surface area contributed by atoms with E-state index in [0.29, 0.717) is 18.5 Å². The number of carbonyl (C=O) groups excluding carboxylic acids is 1. The van der Waals surface area contributed by atoms with Crippen molar-refractivity contribution in [3.05, 3.63) is 35.4 Å². The number of likely N-dealkylation sites (tertiary alicyclic amines) is 1. The molecule has 1 saturated heterocycles. The molecule has 0 radical (unpaired) electrons. The van der Waals surface area contributed by atoms with Crippen LogP contribution in [-0.4, -0.2) is 49.4 Å². The van der Waals surface area contributed by atoms with Crippen LogP contribution in [0.25, 0.3) is 0 Å². The zero-order valence-corrected chi connectivity index (χ0v) is 15.6. The molecular weight excluding hydrogens is 350 g/mol. The molecule has 0 aliphatic carbocycles. The Morgan fingerprint density at radius 3 is 2.44 bits per heavy atom. The second-order valence-electron chi connectivity index (χ2n) is 6.78. The monoisotopic (exact) mass is 374 g/mol. The fourth-order valence-electron chi connectivity index (χ4n) is 3.14. The summed E-state index contributed by atoms with van der Waals surface area (Å²) in [6.45, 7) is 5.09. The van der Waals surface area contributed by atoms with Gasteiger partial charge in [0.15, 0.2) is 21.5 Å². The first-order valence-corrected chi connectivity index (χ1v) is 9.85. The molecule has 3 atom stereocenters. The van der Waals surface area contributed by atoms with E-state index in [0.717, 1.165) is 12.1 Å². The van der Waals surface area contributed by atoms with E-state index in [9.17, 15) is 22.0 Å². The molecule has 1 aromatic rings. The summed E-state index contributed by atoms with van der Waals surface area (Å²) < 4.78 is 51.1. The normalized spacial score (nSPS) is 23.0. The molecule has 1 N–H and O–H groups in total. The predicted octanol–water partition coefficient (Wildman–Crippen LogP) is 2.04.